The van der Waals surface area contributed by atoms with Gasteiger partial charge in [-0.15, -0.1) is 10.2 Å². The Kier molecular flexibility index (Phi) is 3.59. The quantitative estimate of drug-likeness (QED) is 0.448. The first-order valence-electron chi connectivity index (χ1n) is 4.95. The number of hydrazone groups is 1. The summed E-state index contributed by atoms with van der Waals surface area (Å²) < 4.78 is 0. The number of hydrogen-bond acceptors (Lipinski definition) is 6. The van der Waals surface area contributed by atoms with Gasteiger partial charge in [-0.05, 0) is 35.9 Å². The Hall–Kier alpha value is -2.34. The van der Waals surface area contributed by atoms with Gasteiger partial charge in [0.1, 0.15) is 0 Å². The molecule has 0 aliphatic carbocycles. The number of aromatic nitrogens is 2. The molecule has 0 amide bonds. The third-order valence-electron chi connectivity index (χ3n) is 2.02. The van der Waals surface area contributed by atoms with Gasteiger partial charge in [-0.2, -0.15) is 5.10 Å². The van der Waals surface area contributed by atoms with Crippen molar-refractivity contribution in [1.82, 2.24) is 10.2 Å². The summed E-state index contributed by atoms with van der Waals surface area (Å²) in [4.78, 5) is 0. The second-order valence-electron chi connectivity index (χ2n) is 3.36. The first kappa shape index (κ1) is 12.1. The zero-order valence-corrected chi connectivity index (χ0v) is 9.83. The molecule has 0 aliphatic heterocycles. The monoisotopic (exact) mass is 264 g/mol. The van der Waals surface area contributed by atoms with Gasteiger partial charge in [0.15, 0.2) is 22.5 Å². The molecule has 2 rings (SSSR count). The Morgan fingerprint density at radius 2 is 1.94 bits per heavy atom. The largest absolute Gasteiger partial charge is 0.504 e. The zero-order valence-electron chi connectivity index (χ0n) is 9.08. The van der Waals surface area contributed by atoms with E-state index < -0.39 is 0 Å². The van der Waals surface area contributed by atoms with Crippen molar-refractivity contribution in [3.8, 4) is 11.5 Å². The van der Waals surface area contributed by atoms with E-state index in [2.05, 4.69) is 20.7 Å². The molecule has 6 nitrogen and oxygen atoms in total. The van der Waals surface area contributed by atoms with Crippen molar-refractivity contribution < 1.29 is 10.2 Å². The fourth-order valence-corrected chi connectivity index (χ4v) is 1.27. The minimum Gasteiger partial charge on any atom is -0.504 e. The first-order chi connectivity index (χ1) is 8.65. The maximum atomic E-state index is 9.28. The number of nitrogens with zero attached hydrogens (tertiary/aromatic N) is 3. The molecule has 1 heterocycles. The predicted molar refractivity (Wildman–Crippen MR) is 68.0 cm³/mol. The van der Waals surface area contributed by atoms with E-state index in [-0.39, 0.29) is 11.5 Å². The van der Waals surface area contributed by atoms with Gasteiger partial charge in [0.25, 0.3) is 0 Å². The molecule has 18 heavy (non-hydrogen) atoms. The van der Waals surface area contributed by atoms with Gasteiger partial charge >= 0.3 is 0 Å². The van der Waals surface area contributed by atoms with E-state index in [1.54, 1.807) is 18.2 Å². The fraction of sp³-hybridized carbons (Fsp3) is 0. The normalized spacial score (nSPS) is 10.7. The van der Waals surface area contributed by atoms with E-state index in [9.17, 15) is 5.11 Å². The van der Waals surface area contributed by atoms with Crippen LogP contribution < -0.4 is 5.43 Å². The maximum absolute atomic E-state index is 9.28. The van der Waals surface area contributed by atoms with Gasteiger partial charge in [0.2, 0.25) is 0 Å². The number of benzene rings is 1. The average molecular weight is 265 g/mol. The lowest BCUT2D eigenvalue weighted by molar-refractivity contribution is 0.403. The second kappa shape index (κ2) is 5.33. The molecule has 0 bridgehead atoms. The molecule has 0 fully saturated rings. The molecule has 1 aromatic carbocycles. The van der Waals surface area contributed by atoms with Crippen molar-refractivity contribution in [2.24, 2.45) is 5.10 Å². The molecule has 0 saturated heterocycles. The number of halogens is 1. The van der Waals surface area contributed by atoms with E-state index in [1.807, 2.05) is 0 Å². The molecular formula is C11H9ClN4O2. The van der Waals surface area contributed by atoms with E-state index in [4.69, 9.17) is 16.7 Å². The SMILES string of the molecule is Oc1ccc(/C=N/Nc2ccc(Cl)nn2)cc1O. The van der Waals surface area contributed by atoms with Crippen molar-refractivity contribution in [3.05, 3.63) is 41.0 Å². The summed E-state index contributed by atoms with van der Waals surface area (Å²) in [7, 11) is 0. The van der Waals surface area contributed by atoms with E-state index in [1.165, 1.54) is 18.3 Å². The van der Waals surface area contributed by atoms with E-state index >= 15 is 0 Å². The molecule has 92 valence electrons. The lowest BCUT2D eigenvalue weighted by Crippen LogP contribution is -1.94. The molecule has 0 radical (unpaired) electrons. The van der Waals surface area contributed by atoms with Crippen molar-refractivity contribution >= 4 is 23.6 Å². The Balaban J connectivity index is 2.02. The van der Waals surface area contributed by atoms with E-state index in [0.29, 0.717) is 16.5 Å². The number of phenols is 2. The summed E-state index contributed by atoms with van der Waals surface area (Å²) in [6.07, 6.45) is 1.47. The number of aromatic hydroxyl groups is 2. The topological polar surface area (TPSA) is 90.6 Å². The predicted octanol–water partition coefficient (Wildman–Crippen LogP) is 1.99. The molecule has 2 aromatic rings. The van der Waals surface area contributed by atoms with Crippen LogP contribution in [0, 0.1) is 0 Å². The number of phenolic OH excluding ortho intramolecular Hbond substituents is 2. The highest BCUT2D eigenvalue weighted by Gasteiger charge is 1.98. The first-order valence-corrected chi connectivity index (χ1v) is 5.33. The highest BCUT2D eigenvalue weighted by Crippen LogP contribution is 2.23. The highest BCUT2D eigenvalue weighted by atomic mass is 35.5. The van der Waals surface area contributed by atoms with Gasteiger partial charge < -0.3 is 10.2 Å². The lowest BCUT2D eigenvalue weighted by Gasteiger charge is -1.99. The molecule has 1 aromatic heterocycles. The third kappa shape index (κ3) is 3.08. The average Bonchev–Trinajstić information content (AvgIpc) is 2.36. The van der Waals surface area contributed by atoms with Crippen LogP contribution in [0.4, 0.5) is 5.82 Å². The Bertz CT molecular complexity index is 572. The summed E-state index contributed by atoms with van der Waals surface area (Å²) in [6.45, 7) is 0. The van der Waals surface area contributed by atoms with E-state index in [0.717, 1.165) is 0 Å². The fourth-order valence-electron chi connectivity index (χ4n) is 1.17. The van der Waals surface area contributed by atoms with Gasteiger partial charge in [-0.25, -0.2) is 0 Å². The lowest BCUT2D eigenvalue weighted by atomic mass is 10.2. The molecule has 3 N–H and O–H groups in total. The molecule has 0 unspecified atom stereocenters. The van der Waals surface area contributed by atoms with Gasteiger partial charge in [-0.3, -0.25) is 5.43 Å². The summed E-state index contributed by atoms with van der Waals surface area (Å²) in [6, 6.07) is 7.57. The minimum atomic E-state index is -0.203. The number of rotatable bonds is 3. The molecule has 0 atom stereocenters. The molecule has 0 aliphatic rings. The third-order valence-corrected chi connectivity index (χ3v) is 2.23. The summed E-state index contributed by atoms with van der Waals surface area (Å²) in [5, 5.41) is 30.0. The standard InChI is InChI=1S/C11H9ClN4O2/c12-10-3-4-11(16-14-10)15-13-6-7-1-2-8(17)9(18)5-7/h1-6,17-18H,(H,15,16)/b13-6+. The Morgan fingerprint density at radius 3 is 2.61 bits per heavy atom. The van der Waals surface area contributed by atoms with Crippen LogP contribution in [-0.2, 0) is 0 Å². The number of nitrogens with one attached hydrogen (secondary N) is 1. The Labute approximate surface area is 108 Å². The van der Waals surface area contributed by atoms with Crippen molar-refractivity contribution in [1.29, 1.82) is 0 Å². The van der Waals surface area contributed by atoms with Crippen LogP contribution in [0.5, 0.6) is 11.5 Å². The minimum absolute atomic E-state index is 0.177. The molecule has 7 heteroatoms. The Morgan fingerprint density at radius 1 is 1.11 bits per heavy atom. The van der Waals surface area contributed by atoms with Gasteiger partial charge in [0.05, 0.1) is 6.21 Å². The highest BCUT2D eigenvalue weighted by molar-refractivity contribution is 6.29. The molecular weight excluding hydrogens is 256 g/mol. The van der Waals surface area contributed by atoms with Crippen LogP contribution >= 0.6 is 11.6 Å². The molecule has 0 saturated carbocycles. The van der Waals surface area contributed by atoms with Crippen LogP contribution in [0.15, 0.2) is 35.4 Å². The van der Waals surface area contributed by atoms with Gasteiger partial charge in [0, 0.05) is 0 Å². The zero-order chi connectivity index (χ0) is 13.0. The van der Waals surface area contributed by atoms with Crippen LogP contribution in [0.3, 0.4) is 0 Å². The second-order valence-corrected chi connectivity index (χ2v) is 3.75. The van der Waals surface area contributed by atoms with Crippen molar-refractivity contribution in [2.45, 2.75) is 0 Å². The summed E-state index contributed by atoms with van der Waals surface area (Å²) in [5.41, 5.74) is 3.27. The maximum Gasteiger partial charge on any atom is 0.168 e. The smallest absolute Gasteiger partial charge is 0.168 e. The van der Waals surface area contributed by atoms with Gasteiger partial charge in [-0.1, -0.05) is 11.6 Å². The summed E-state index contributed by atoms with van der Waals surface area (Å²) >= 11 is 5.58. The van der Waals surface area contributed by atoms with Crippen molar-refractivity contribution in [2.75, 3.05) is 5.43 Å². The van der Waals surface area contributed by atoms with Crippen LogP contribution in [-0.4, -0.2) is 26.6 Å². The summed E-state index contributed by atoms with van der Waals surface area (Å²) in [5.74, 6) is 0.0626. The number of anilines is 1. The number of hydrogen-bond donors (Lipinski definition) is 3. The van der Waals surface area contributed by atoms with Crippen molar-refractivity contribution in [3.63, 3.8) is 0 Å². The van der Waals surface area contributed by atoms with Crippen LogP contribution in [0.25, 0.3) is 0 Å². The van der Waals surface area contributed by atoms with Crippen LogP contribution in [0.2, 0.25) is 5.15 Å². The van der Waals surface area contributed by atoms with Crippen LogP contribution in [0.1, 0.15) is 5.56 Å². The molecule has 0 spiro atoms.